The molecule has 0 bridgehead atoms. The number of aliphatic hydroxyl groups is 1. The van der Waals surface area contributed by atoms with E-state index in [1.807, 2.05) is 42.5 Å². The molecule has 2 aromatic carbocycles. The van der Waals surface area contributed by atoms with Crippen LogP contribution in [0.15, 0.2) is 42.5 Å². The van der Waals surface area contributed by atoms with Crippen LogP contribution in [0.3, 0.4) is 0 Å². The Balaban J connectivity index is 1.60. The number of para-hydroxylation sites is 1. The van der Waals surface area contributed by atoms with Gasteiger partial charge in [-0.05, 0) is 23.8 Å². The van der Waals surface area contributed by atoms with E-state index in [9.17, 15) is 5.11 Å². The van der Waals surface area contributed by atoms with Crippen LogP contribution in [0.5, 0.6) is 17.2 Å². The van der Waals surface area contributed by atoms with Crippen molar-refractivity contribution < 1.29 is 19.3 Å². The first kappa shape index (κ1) is 12.8. The van der Waals surface area contributed by atoms with Gasteiger partial charge in [-0.25, -0.2) is 0 Å². The SMILES string of the molecule is OCc1ccccc1OCCc1ccc2c(c1)OCO2. The molecule has 0 aromatic heterocycles. The summed E-state index contributed by atoms with van der Waals surface area (Å²) in [4.78, 5) is 0. The van der Waals surface area contributed by atoms with Crippen molar-refractivity contribution in [2.75, 3.05) is 13.4 Å². The van der Waals surface area contributed by atoms with E-state index in [1.54, 1.807) is 0 Å². The largest absolute Gasteiger partial charge is 0.493 e. The van der Waals surface area contributed by atoms with Crippen molar-refractivity contribution in [3.05, 3.63) is 53.6 Å². The fourth-order valence-corrected chi connectivity index (χ4v) is 2.15. The third-order valence-electron chi connectivity index (χ3n) is 3.23. The van der Waals surface area contributed by atoms with Crippen LogP contribution in [0.4, 0.5) is 0 Å². The van der Waals surface area contributed by atoms with Gasteiger partial charge in [-0.15, -0.1) is 0 Å². The van der Waals surface area contributed by atoms with Crippen molar-refractivity contribution >= 4 is 0 Å². The molecule has 0 radical (unpaired) electrons. The molecule has 4 nitrogen and oxygen atoms in total. The predicted octanol–water partition coefficient (Wildman–Crippen LogP) is 2.53. The van der Waals surface area contributed by atoms with Gasteiger partial charge in [0.15, 0.2) is 11.5 Å². The maximum Gasteiger partial charge on any atom is 0.231 e. The molecule has 1 heterocycles. The molecule has 2 aromatic rings. The van der Waals surface area contributed by atoms with Gasteiger partial charge < -0.3 is 19.3 Å². The zero-order valence-electron chi connectivity index (χ0n) is 11.0. The van der Waals surface area contributed by atoms with E-state index < -0.39 is 0 Å². The summed E-state index contributed by atoms with van der Waals surface area (Å²) in [5, 5.41) is 9.23. The molecule has 0 atom stereocenters. The van der Waals surface area contributed by atoms with E-state index in [0.29, 0.717) is 13.4 Å². The minimum absolute atomic E-state index is 0.0137. The van der Waals surface area contributed by atoms with Crippen LogP contribution >= 0.6 is 0 Å². The molecule has 104 valence electrons. The molecule has 0 saturated heterocycles. The van der Waals surface area contributed by atoms with Crippen LogP contribution in [0.1, 0.15) is 11.1 Å². The second-order valence-corrected chi connectivity index (χ2v) is 4.55. The van der Waals surface area contributed by atoms with Gasteiger partial charge >= 0.3 is 0 Å². The normalized spacial score (nSPS) is 12.4. The molecule has 0 spiro atoms. The standard InChI is InChI=1S/C16H16O4/c17-10-13-3-1-2-4-14(13)18-8-7-12-5-6-15-16(9-12)20-11-19-15/h1-6,9,17H,7-8,10-11H2. The van der Waals surface area contributed by atoms with E-state index in [2.05, 4.69) is 0 Å². The molecule has 3 rings (SSSR count). The third-order valence-corrected chi connectivity index (χ3v) is 3.23. The Bertz CT molecular complexity index is 595. The van der Waals surface area contributed by atoms with Crippen molar-refractivity contribution in [3.63, 3.8) is 0 Å². The average molecular weight is 272 g/mol. The summed E-state index contributed by atoms with van der Waals surface area (Å²) in [6, 6.07) is 13.4. The molecule has 0 fully saturated rings. The maximum atomic E-state index is 9.23. The monoisotopic (exact) mass is 272 g/mol. The fraction of sp³-hybridized carbons (Fsp3) is 0.250. The van der Waals surface area contributed by atoms with Gasteiger partial charge in [0, 0.05) is 12.0 Å². The summed E-state index contributed by atoms with van der Waals surface area (Å²) in [6.07, 6.45) is 0.774. The summed E-state index contributed by atoms with van der Waals surface area (Å²) >= 11 is 0. The molecule has 1 aliphatic rings. The zero-order chi connectivity index (χ0) is 13.8. The minimum Gasteiger partial charge on any atom is -0.493 e. The quantitative estimate of drug-likeness (QED) is 0.908. The number of hydrogen-bond acceptors (Lipinski definition) is 4. The highest BCUT2D eigenvalue weighted by atomic mass is 16.7. The number of ether oxygens (including phenoxy) is 3. The van der Waals surface area contributed by atoms with Gasteiger partial charge in [-0.3, -0.25) is 0 Å². The highest BCUT2D eigenvalue weighted by molar-refractivity contribution is 5.44. The second kappa shape index (κ2) is 5.84. The second-order valence-electron chi connectivity index (χ2n) is 4.55. The Morgan fingerprint density at radius 2 is 1.90 bits per heavy atom. The van der Waals surface area contributed by atoms with Crippen LogP contribution in [-0.4, -0.2) is 18.5 Å². The highest BCUT2D eigenvalue weighted by Gasteiger charge is 2.13. The average Bonchev–Trinajstić information content (AvgIpc) is 2.95. The first-order valence-corrected chi connectivity index (χ1v) is 6.57. The molecule has 1 N–H and O–H groups in total. The lowest BCUT2D eigenvalue weighted by Crippen LogP contribution is -2.03. The molecule has 1 aliphatic heterocycles. The van der Waals surface area contributed by atoms with E-state index in [4.69, 9.17) is 14.2 Å². The molecule has 0 aliphatic carbocycles. The minimum atomic E-state index is -0.0137. The summed E-state index contributed by atoms with van der Waals surface area (Å²) in [7, 11) is 0. The number of benzene rings is 2. The van der Waals surface area contributed by atoms with Gasteiger partial charge in [-0.1, -0.05) is 24.3 Å². The first-order valence-electron chi connectivity index (χ1n) is 6.57. The van der Waals surface area contributed by atoms with Crippen LogP contribution in [0.2, 0.25) is 0 Å². The maximum absolute atomic E-state index is 9.23. The van der Waals surface area contributed by atoms with Gasteiger partial charge in [0.05, 0.1) is 13.2 Å². The molecule has 0 saturated carbocycles. The number of hydrogen-bond donors (Lipinski definition) is 1. The van der Waals surface area contributed by atoms with Crippen LogP contribution in [-0.2, 0) is 13.0 Å². The number of rotatable bonds is 5. The molecule has 0 amide bonds. The Morgan fingerprint density at radius 3 is 2.80 bits per heavy atom. The summed E-state index contributed by atoms with van der Waals surface area (Å²) in [6.45, 7) is 0.829. The summed E-state index contributed by atoms with van der Waals surface area (Å²) in [5.74, 6) is 2.31. The molecular weight excluding hydrogens is 256 g/mol. The van der Waals surface area contributed by atoms with Gasteiger partial charge in [0.25, 0.3) is 0 Å². The van der Waals surface area contributed by atoms with Crippen molar-refractivity contribution in [2.24, 2.45) is 0 Å². The molecule has 0 unspecified atom stereocenters. The lowest BCUT2D eigenvalue weighted by Gasteiger charge is -2.10. The Kier molecular flexibility index (Phi) is 3.74. The van der Waals surface area contributed by atoms with E-state index in [-0.39, 0.29) is 6.61 Å². The zero-order valence-corrected chi connectivity index (χ0v) is 11.0. The summed E-state index contributed by atoms with van der Waals surface area (Å²) in [5.41, 5.74) is 1.94. The smallest absolute Gasteiger partial charge is 0.231 e. The first-order chi connectivity index (χ1) is 9.86. The van der Waals surface area contributed by atoms with Crippen molar-refractivity contribution in [3.8, 4) is 17.2 Å². The van der Waals surface area contributed by atoms with Crippen molar-refractivity contribution in [1.29, 1.82) is 0 Å². The third kappa shape index (κ3) is 2.70. The molecule has 20 heavy (non-hydrogen) atoms. The van der Waals surface area contributed by atoms with Crippen LogP contribution < -0.4 is 14.2 Å². The Morgan fingerprint density at radius 1 is 1.05 bits per heavy atom. The van der Waals surface area contributed by atoms with Crippen molar-refractivity contribution in [1.82, 2.24) is 0 Å². The van der Waals surface area contributed by atoms with Gasteiger partial charge in [0.2, 0.25) is 6.79 Å². The molecular formula is C16H16O4. The number of aliphatic hydroxyl groups excluding tert-OH is 1. The van der Waals surface area contributed by atoms with Gasteiger partial charge in [-0.2, -0.15) is 0 Å². The van der Waals surface area contributed by atoms with E-state index >= 15 is 0 Å². The Labute approximate surface area is 117 Å². The predicted molar refractivity (Wildman–Crippen MR) is 74.1 cm³/mol. The van der Waals surface area contributed by atoms with Crippen LogP contribution in [0.25, 0.3) is 0 Å². The fourth-order valence-electron chi connectivity index (χ4n) is 2.15. The van der Waals surface area contributed by atoms with Gasteiger partial charge in [0.1, 0.15) is 5.75 Å². The highest BCUT2D eigenvalue weighted by Crippen LogP contribution is 2.32. The number of fused-ring (bicyclic) bond motifs is 1. The Hall–Kier alpha value is -2.20. The lowest BCUT2D eigenvalue weighted by atomic mass is 10.1. The van der Waals surface area contributed by atoms with E-state index in [0.717, 1.165) is 34.8 Å². The van der Waals surface area contributed by atoms with Crippen molar-refractivity contribution in [2.45, 2.75) is 13.0 Å². The lowest BCUT2D eigenvalue weighted by molar-refractivity contribution is 0.174. The van der Waals surface area contributed by atoms with Crippen LogP contribution in [0, 0.1) is 0 Å². The van der Waals surface area contributed by atoms with E-state index in [1.165, 1.54) is 0 Å². The molecule has 4 heteroatoms. The summed E-state index contributed by atoms with van der Waals surface area (Å²) < 4.78 is 16.3. The topological polar surface area (TPSA) is 47.9 Å².